The summed E-state index contributed by atoms with van der Waals surface area (Å²) in [5.74, 6) is 0.940. The van der Waals surface area contributed by atoms with Gasteiger partial charge in [0.15, 0.2) is 11.5 Å². The summed E-state index contributed by atoms with van der Waals surface area (Å²) in [4.78, 5) is 13.4. The molecular weight excluding hydrogens is 244 g/mol. The van der Waals surface area contributed by atoms with E-state index in [0.29, 0.717) is 30.3 Å². The molecule has 1 aromatic rings. The van der Waals surface area contributed by atoms with Crippen LogP contribution in [0.3, 0.4) is 0 Å². The molecule has 0 aliphatic rings. The second-order valence-corrected chi connectivity index (χ2v) is 3.85. The van der Waals surface area contributed by atoms with Crippen LogP contribution in [0.4, 0.5) is 0 Å². The first-order valence-corrected chi connectivity index (χ1v) is 6.16. The Kier molecular flexibility index (Phi) is 5.68. The van der Waals surface area contributed by atoms with Gasteiger partial charge < -0.3 is 14.4 Å². The molecule has 102 valence electrons. The standard InChI is InChI=1S/C14H18N2O3/c1-4-18-12-7-6-11(10-13(12)19-5-2)14(17)16(3)9-8-15/h6-7,10H,4-5,9H2,1-3H3. The lowest BCUT2D eigenvalue weighted by molar-refractivity contribution is 0.0811. The van der Waals surface area contributed by atoms with Crippen molar-refractivity contribution in [3.8, 4) is 17.6 Å². The molecule has 0 saturated heterocycles. The van der Waals surface area contributed by atoms with Crippen molar-refractivity contribution in [2.24, 2.45) is 0 Å². The maximum Gasteiger partial charge on any atom is 0.254 e. The second kappa shape index (κ2) is 7.27. The molecule has 0 unspecified atom stereocenters. The molecule has 0 spiro atoms. The van der Waals surface area contributed by atoms with Crippen molar-refractivity contribution in [3.63, 3.8) is 0 Å². The molecule has 0 atom stereocenters. The van der Waals surface area contributed by atoms with Crippen LogP contribution in [0.15, 0.2) is 18.2 Å². The largest absolute Gasteiger partial charge is 0.490 e. The molecule has 5 nitrogen and oxygen atoms in total. The van der Waals surface area contributed by atoms with Gasteiger partial charge in [-0.3, -0.25) is 4.79 Å². The lowest BCUT2D eigenvalue weighted by Gasteiger charge is -2.15. The van der Waals surface area contributed by atoms with E-state index in [9.17, 15) is 4.79 Å². The summed E-state index contributed by atoms with van der Waals surface area (Å²) in [6, 6.07) is 6.96. The van der Waals surface area contributed by atoms with Crippen LogP contribution < -0.4 is 9.47 Å². The van der Waals surface area contributed by atoms with Gasteiger partial charge >= 0.3 is 0 Å². The molecule has 0 N–H and O–H groups in total. The number of nitriles is 1. The van der Waals surface area contributed by atoms with Gasteiger partial charge in [0.2, 0.25) is 0 Å². The summed E-state index contributed by atoms with van der Waals surface area (Å²) in [5, 5.41) is 8.60. The average Bonchev–Trinajstić information content (AvgIpc) is 2.40. The smallest absolute Gasteiger partial charge is 0.254 e. The van der Waals surface area contributed by atoms with Crippen LogP contribution in [0.25, 0.3) is 0 Å². The maximum atomic E-state index is 12.0. The van der Waals surface area contributed by atoms with Crippen LogP contribution >= 0.6 is 0 Å². The number of amides is 1. The molecule has 19 heavy (non-hydrogen) atoms. The average molecular weight is 262 g/mol. The van der Waals surface area contributed by atoms with Gasteiger partial charge in [-0.05, 0) is 32.0 Å². The van der Waals surface area contributed by atoms with Crippen LogP contribution in [0.2, 0.25) is 0 Å². The minimum atomic E-state index is -0.217. The third-order valence-electron chi connectivity index (χ3n) is 2.44. The van der Waals surface area contributed by atoms with E-state index < -0.39 is 0 Å². The highest BCUT2D eigenvalue weighted by Gasteiger charge is 2.14. The Hall–Kier alpha value is -2.22. The first-order chi connectivity index (χ1) is 9.13. The van der Waals surface area contributed by atoms with Crippen molar-refractivity contribution >= 4 is 5.91 Å². The molecule has 0 heterocycles. The fourth-order valence-electron chi connectivity index (χ4n) is 1.58. The molecule has 0 aromatic heterocycles. The third-order valence-corrected chi connectivity index (χ3v) is 2.44. The zero-order valence-electron chi connectivity index (χ0n) is 11.5. The zero-order chi connectivity index (χ0) is 14.3. The fraction of sp³-hybridized carbons (Fsp3) is 0.429. The molecule has 0 bridgehead atoms. The van der Waals surface area contributed by atoms with E-state index in [2.05, 4.69) is 0 Å². The summed E-state index contributed by atoms with van der Waals surface area (Å²) in [6.07, 6.45) is 0. The highest BCUT2D eigenvalue weighted by molar-refractivity contribution is 5.94. The summed E-state index contributed by atoms with van der Waals surface area (Å²) in [7, 11) is 1.59. The van der Waals surface area contributed by atoms with Crippen molar-refractivity contribution in [2.75, 3.05) is 26.8 Å². The van der Waals surface area contributed by atoms with E-state index in [1.807, 2.05) is 19.9 Å². The van der Waals surface area contributed by atoms with E-state index in [4.69, 9.17) is 14.7 Å². The van der Waals surface area contributed by atoms with Crippen LogP contribution in [-0.4, -0.2) is 37.6 Å². The molecule has 0 radical (unpaired) electrons. The Balaban J connectivity index is 3.00. The lowest BCUT2D eigenvalue weighted by atomic mass is 10.1. The Morgan fingerprint density at radius 1 is 1.26 bits per heavy atom. The number of ether oxygens (including phenoxy) is 2. The first kappa shape index (κ1) is 14.8. The van der Waals surface area contributed by atoms with Crippen LogP contribution in [0.5, 0.6) is 11.5 Å². The Bertz CT molecular complexity index is 480. The van der Waals surface area contributed by atoms with Crippen molar-refractivity contribution < 1.29 is 14.3 Å². The number of carbonyl (C=O) groups excluding carboxylic acids is 1. The normalized spacial score (nSPS) is 9.58. The topological polar surface area (TPSA) is 62.6 Å². The van der Waals surface area contributed by atoms with Gasteiger partial charge in [-0.15, -0.1) is 0 Å². The van der Waals surface area contributed by atoms with Gasteiger partial charge in [0.25, 0.3) is 5.91 Å². The second-order valence-electron chi connectivity index (χ2n) is 3.85. The summed E-state index contributed by atoms with van der Waals surface area (Å²) >= 11 is 0. The Morgan fingerprint density at radius 2 is 1.89 bits per heavy atom. The molecule has 0 saturated carbocycles. The highest BCUT2D eigenvalue weighted by Crippen LogP contribution is 2.28. The molecular formula is C14H18N2O3. The Morgan fingerprint density at radius 3 is 2.47 bits per heavy atom. The summed E-state index contributed by atoms with van der Waals surface area (Å²) in [5.41, 5.74) is 0.477. The third kappa shape index (κ3) is 3.88. The zero-order valence-corrected chi connectivity index (χ0v) is 11.5. The highest BCUT2D eigenvalue weighted by atomic mass is 16.5. The monoisotopic (exact) mass is 262 g/mol. The van der Waals surface area contributed by atoms with E-state index >= 15 is 0 Å². The minimum Gasteiger partial charge on any atom is -0.490 e. The van der Waals surface area contributed by atoms with Gasteiger partial charge in [0.05, 0.1) is 19.3 Å². The van der Waals surface area contributed by atoms with Crippen LogP contribution in [0.1, 0.15) is 24.2 Å². The van der Waals surface area contributed by atoms with E-state index in [1.54, 1.807) is 25.2 Å². The molecule has 5 heteroatoms. The number of rotatable bonds is 6. The van der Waals surface area contributed by atoms with E-state index in [1.165, 1.54) is 4.90 Å². The van der Waals surface area contributed by atoms with Gasteiger partial charge in [0.1, 0.15) is 6.54 Å². The van der Waals surface area contributed by atoms with Crippen molar-refractivity contribution in [2.45, 2.75) is 13.8 Å². The van der Waals surface area contributed by atoms with Crippen molar-refractivity contribution in [1.29, 1.82) is 5.26 Å². The van der Waals surface area contributed by atoms with Gasteiger partial charge in [-0.1, -0.05) is 0 Å². The fourth-order valence-corrected chi connectivity index (χ4v) is 1.58. The SMILES string of the molecule is CCOc1ccc(C(=O)N(C)CC#N)cc1OCC. The first-order valence-electron chi connectivity index (χ1n) is 6.16. The number of hydrogen-bond donors (Lipinski definition) is 0. The molecule has 0 fully saturated rings. The molecule has 1 amide bonds. The van der Waals surface area contributed by atoms with Gasteiger partial charge in [0, 0.05) is 12.6 Å². The predicted octanol–water partition coefficient (Wildman–Crippen LogP) is 2.08. The molecule has 0 aliphatic carbocycles. The number of hydrogen-bond acceptors (Lipinski definition) is 4. The molecule has 1 aromatic carbocycles. The maximum absolute atomic E-state index is 12.0. The summed E-state index contributed by atoms with van der Waals surface area (Å²) in [6.45, 7) is 4.82. The predicted molar refractivity (Wildman–Crippen MR) is 71.4 cm³/mol. The van der Waals surface area contributed by atoms with Gasteiger partial charge in [-0.2, -0.15) is 5.26 Å². The number of nitrogens with zero attached hydrogens (tertiary/aromatic N) is 2. The Labute approximate surface area is 113 Å². The van der Waals surface area contributed by atoms with E-state index in [-0.39, 0.29) is 12.5 Å². The quantitative estimate of drug-likeness (QED) is 0.736. The van der Waals surface area contributed by atoms with E-state index in [0.717, 1.165) is 0 Å². The number of carbonyl (C=O) groups is 1. The van der Waals surface area contributed by atoms with Gasteiger partial charge in [-0.25, -0.2) is 0 Å². The van der Waals surface area contributed by atoms with Crippen LogP contribution in [-0.2, 0) is 0 Å². The number of benzene rings is 1. The lowest BCUT2D eigenvalue weighted by Crippen LogP contribution is -2.26. The summed E-state index contributed by atoms with van der Waals surface area (Å²) < 4.78 is 10.9. The molecule has 0 aliphatic heterocycles. The minimum absolute atomic E-state index is 0.0516. The van der Waals surface area contributed by atoms with Crippen molar-refractivity contribution in [1.82, 2.24) is 4.90 Å². The van der Waals surface area contributed by atoms with Crippen LogP contribution in [0, 0.1) is 11.3 Å². The van der Waals surface area contributed by atoms with Crippen molar-refractivity contribution in [3.05, 3.63) is 23.8 Å². The molecule has 1 rings (SSSR count).